The van der Waals surface area contributed by atoms with E-state index in [4.69, 9.17) is 9.47 Å². The molecule has 0 amide bonds. The van der Waals surface area contributed by atoms with Gasteiger partial charge in [-0.2, -0.15) is 0 Å². The van der Waals surface area contributed by atoms with Gasteiger partial charge in [0.15, 0.2) is 0 Å². The predicted octanol–water partition coefficient (Wildman–Crippen LogP) is 2.44. The third-order valence-electron chi connectivity index (χ3n) is 15.7. The van der Waals surface area contributed by atoms with Gasteiger partial charge in [0.05, 0.1) is 30.3 Å². The van der Waals surface area contributed by atoms with E-state index in [0.717, 1.165) is 31.3 Å². The molecule has 0 aromatic carbocycles. The lowest BCUT2D eigenvalue weighted by molar-refractivity contribution is -0.299. The van der Waals surface area contributed by atoms with E-state index >= 15 is 0 Å². The van der Waals surface area contributed by atoms with Crippen molar-refractivity contribution >= 4 is 5.97 Å². The molecular formula is C36H58O10. The van der Waals surface area contributed by atoms with Gasteiger partial charge < -0.3 is 45.2 Å². The lowest BCUT2D eigenvalue weighted by atomic mass is 9.33. The lowest BCUT2D eigenvalue weighted by Gasteiger charge is -2.72. The summed E-state index contributed by atoms with van der Waals surface area (Å²) in [5.74, 6) is -0.749. The van der Waals surface area contributed by atoms with Crippen LogP contribution in [-0.4, -0.2) is 97.3 Å². The summed E-state index contributed by atoms with van der Waals surface area (Å²) < 4.78 is 11.5. The fourth-order valence-corrected chi connectivity index (χ4v) is 12.3. The van der Waals surface area contributed by atoms with Crippen molar-refractivity contribution < 1.29 is 50.0 Å². The number of esters is 1. The van der Waals surface area contributed by atoms with Gasteiger partial charge in [-0.3, -0.25) is 4.79 Å². The van der Waals surface area contributed by atoms with Crippen LogP contribution in [0.4, 0.5) is 0 Å². The molecule has 0 radical (unpaired) electrons. The minimum Gasteiger partial charge on any atom is -0.432 e. The van der Waals surface area contributed by atoms with Gasteiger partial charge >= 0.3 is 5.97 Å². The van der Waals surface area contributed by atoms with Crippen molar-refractivity contribution in [2.24, 2.45) is 50.7 Å². The van der Waals surface area contributed by atoms with Crippen LogP contribution >= 0.6 is 0 Å². The molecule has 16 atom stereocenters. The summed E-state index contributed by atoms with van der Waals surface area (Å²) in [5.41, 5.74) is -2.34. The van der Waals surface area contributed by atoms with E-state index in [0.29, 0.717) is 38.0 Å². The molecule has 10 heteroatoms. The normalized spacial score (nSPS) is 56.8. The third kappa shape index (κ3) is 4.39. The lowest BCUT2D eigenvalue weighted by Crippen LogP contribution is -2.68. The largest absolute Gasteiger partial charge is 0.432 e. The Labute approximate surface area is 273 Å². The monoisotopic (exact) mass is 650 g/mol. The maximum atomic E-state index is 14.5. The van der Waals surface area contributed by atoms with Crippen molar-refractivity contribution in [2.75, 3.05) is 13.2 Å². The van der Waals surface area contributed by atoms with Crippen LogP contribution in [0.3, 0.4) is 0 Å². The Kier molecular flexibility index (Phi) is 8.46. The second-order valence-electron chi connectivity index (χ2n) is 17.4. The summed E-state index contributed by atoms with van der Waals surface area (Å²) in [5, 5.41) is 75.0. The SMILES string of the molecule is C[C@@H]1CC[C@]2(C(=O)O[C@H]3O[C@@H](CO)[C@H](O)[C@@H](O)[C@@H]3O)CC[C@]3(C)C(=CC[C@@H]4[C@@]5(C)CCC(O)C(C)(CO)[C@@H]5CC[C@]43C)[C@@H]2[C@]1(C)O. The minimum absolute atomic E-state index is 0.0435. The van der Waals surface area contributed by atoms with Crippen molar-refractivity contribution in [2.45, 2.75) is 142 Å². The average molecular weight is 651 g/mol. The van der Waals surface area contributed by atoms with Crippen LogP contribution in [0, 0.1) is 50.7 Å². The van der Waals surface area contributed by atoms with E-state index < -0.39 is 71.7 Å². The number of ether oxygens (including phenoxy) is 2. The molecule has 6 rings (SSSR count). The van der Waals surface area contributed by atoms with Crippen molar-refractivity contribution in [3.05, 3.63) is 11.6 Å². The van der Waals surface area contributed by atoms with Gasteiger partial charge in [-0.15, -0.1) is 0 Å². The van der Waals surface area contributed by atoms with Gasteiger partial charge in [-0.05, 0) is 98.7 Å². The summed E-state index contributed by atoms with van der Waals surface area (Å²) in [6.45, 7) is 12.3. The highest BCUT2D eigenvalue weighted by molar-refractivity contribution is 5.79. The molecular weight excluding hydrogens is 592 g/mol. The van der Waals surface area contributed by atoms with E-state index in [9.17, 15) is 40.5 Å². The maximum Gasteiger partial charge on any atom is 0.315 e. The molecule has 0 bridgehead atoms. The molecule has 10 nitrogen and oxygen atoms in total. The first-order valence-corrected chi connectivity index (χ1v) is 17.6. The number of hydrogen-bond donors (Lipinski definition) is 7. The van der Waals surface area contributed by atoms with Gasteiger partial charge in [-0.25, -0.2) is 0 Å². The standard InChI is InChI=1S/C36H58O10/c1-19-9-14-36(30(43)46-29-27(42)26(41)25(40)21(17-37)45-29)16-15-33(4)20(28(36)35(19,6)44)7-8-23-31(2)12-11-24(39)32(3,18-38)22(31)10-13-34(23,33)5/h7,19,21-29,37-42,44H,8-18H2,1-6H3/t19-,21+,22-,23-,24?,25+,26-,27+,28-,29-,31+,32?,33-,34-,35-,36+/m1/s1. The van der Waals surface area contributed by atoms with E-state index in [1.807, 2.05) is 20.8 Å². The highest BCUT2D eigenvalue weighted by atomic mass is 16.7. The Hall–Kier alpha value is -1.11. The molecule has 4 saturated carbocycles. The Bertz CT molecular complexity index is 1240. The van der Waals surface area contributed by atoms with Crippen molar-refractivity contribution in [3.63, 3.8) is 0 Å². The number of aliphatic hydroxyl groups excluding tert-OH is 6. The topological polar surface area (TPSA) is 177 Å². The Morgan fingerprint density at radius 3 is 2.24 bits per heavy atom. The second-order valence-corrected chi connectivity index (χ2v) is 17.4. The fourth-order valence-electron chi connectivity index (χ4n) is 12.3. The van der Waals surface area contributed by atoms with E-state index in [1.165, 1.54) is 0 Å². The van der Waals surface area contributed by atoms with Crippen molar-refractivity contribution in [1.29, 1.82) is 0 Å². The summed E-state index contributed by atoms with van der Waals surface area (Å²) in [6, 6.07) is 0. The zero-order valence-electron chi connectivity index (χ0n) is 28.5. The Morgan fingerprint density at radius 1 is 0.891 bits per heavy atom. The highest BCUT2D eigenvalue weighted by Crippen LogP contribution is 2.76. The van der Waals surface area contributed by atoms with Gasteiger partial charge in [0.2, 0.25) is 6.29 Å². The highest BCUT2D eigenvalue weighted by Gasteiger charge is 2.72. The van der Waals surface area contributed by atoms with Crippen molar-refractivity contribution in [3.8, 4) is 0 Å². The first kappa shape index (κ1) is 34.7. The first-order chi connectivity index (χ1) is 21.4. The van der Waals surface area contributed by atoms with Crippen LogP contribution in [0.15, 0.2) is 11.6 Å². The fraction of sp³-hybridized carbons (Fsp3) is 0.917. The number of carbonyl (C=O) groups is 1. The molecule has 46 heavy (non-hydrogen) atoms. The second kappa shape index (κ2) is 11.2. The number of hydrogen-bond acceptors (Lipinski definition) is 10. The third-order valence-corrected chi connectivity index (χ3v) is 15.7. The summed E-state index contributed by atoms with van der Waals surface area (Å²) in [7, 11) is 0. The molecule has 2 unspecified atom stereocenters. The zero-order valence-corrected chi connectivity index (χ0v) is 28.5. The summed E-state index contributed by atoms with van der Waals surface area (Å²) >= 11 is 0. The average Bonchev–Trinajstić information content (AvgIpc) is 3.01. The molecule has 6 aliphatic rings. The van der Waals surface area contributed by atoms with E-state index in [2.05, 4.69) is 26.8 Å². The Balaban J connectivity index is 1.39. The van der Waals surface area contributed by atoms with Crippen LogP contribution < -0.4 is 0 Å². The van der Waals surface area contributed by atoms with Crippen molar-refractivity contribution in [1.82, 2.24) is 0 Å². The molecule has 1 heterocycles. The molecule has 262 valence electrons. The van der Waals surface area contributed by atoms with Crippen LogP contribution in [0.2, 0.25) is 0 Å². The number of carbonyl (C=O) groups excluding carboxylic acids is 1. The summed E-state index contributed by atoms with van der Waals surface area (Å²) in [6.07, 6.45) is 0.492. The van der Waals surface area contributed by atoms with Crippen LogP contribution in [-0.2, 0) is 14.3 Å². The molecule has 5 aliphatic carbocycles. The number of rotatable bonds is 4. The smallest absolute Gasteiger partial charge is 0.315 e. The predicted molar refractivity (Wildman–Crippen MR) is 168 cm³/mol. The number of fused-ring (bicyclic) bond motifs is 7. The number of allylic oxidation sites excluding steroid dienone is 1. The molecule has 5 fully saturated rings. The summed E-state index contributed by atoms with van der Waals surface area (Å²) in [4.78, 5) is 14.5. The first-order valence-electron chi connectivity index (χ1n) is 17.6. The van der Waals surface area contributed by atoms with Gasteiger partial charge in [0.25, 0.3) is 0 Å². The van der Waals surface area contributed by atoms with Gasteiger partial charge in [-0.1, -0.05) is 46.3 Å². The van der Waals surface area contributed by atoms with Gasteiger partial charge in [0.1, 0.15) is 24.4 Å². The van der Waals surface area contributed by atoms with Crippen LogP contribution in [0.5, 0.6) is 0 Å². The van der Waals surface area contributed by atoms with Crippen LogP contribution in [0.25, 0.3) is 0 Å². The molecule has 7 N–H and O–H groups in total. The Morgan fingerprint density at radius 2 is 1.59 bits per heavy atom. The van der Waals surface area contributed by atoms with E-state index in [-0.39, 0.29) is 34.7 Å². The molecule has 0 spiro atoms. The minimum atomic E-state index is -1.70. The van der Waals surface area contributed by atoms with Crippen LogP contribution in [0.1, 0.15) is 99.3 Å². The van der Waals surface area contributed by atoms with E-state index in [1.54, 1.807) is 0 Å². The molecule has 0 aromatic heterocycles. The quantitative estimate of drug-likeness (QED) is 0.177. The van der Waals surface area contributed by atoms with Gasteiger partial charge in [0, 0.05) is 11.3 Å². The zero-order chi connectivity index (χ0) is 33.8. The molecule has 1 saturated heterocycles. The molecule has 0 aromatic rings. The molecule has 1 aliphatic heterocycles. The number of aliphatic hydroxyl groups is 7. The maximum absolute atomic E-state index is 14.5.